The second kappa shape index (κ2) is 7.15. The Morgan fingerprint density at radius 1 is 1.17 bits per heavy atom. The van der Waals surface area contributed by atoms with Crippen LogP contribution in [0.3, 0.4) is 0 Å². The van der Waals surface area contributed by atoms with E-state index in [1.807, 2.05) is 6.92 Å². The number of amides is 2. The maximum atomic E-state index is 12.1. The van der Waals surface area contributed by atoms with E-state index in [4.69, 9.17) is 22.1 Å². The molecule has 0 saturated carbocycles. The molecule has 6 heteroatoms. The first-order valence-electron chi connectivity index (χ1n) is 7.00. The summed E-state index contributed by atoms with van der Waals surface area (Å²) in [5.74, 6) is -0.249. The molecule has 0 fully saturated rings. The normalized spacial score (nSPS) is 11.6. The van der Waals surface area contributed by atoms with Crippen molar-refractivity contribution in [1.29, 1.82) is 0 Å². The zero-order valence-electron chi connectivity index (χ0n) is 12.8. The molecule has 0 bridgehead atoms. The molecule has 3 N–H and O–H groups in total. The Kier molecular flexibility index (Phi) is 5.24. The van der Waals surface area contributed by atoms with Crippen molar-refractivity contribution in [3.63, 3.8) is 0 Å². The van der Waals surface area contributed by atoms with Gasteiger partial charge in [0.05, 0.1) is 0 Å². The van der Waals surface area contributed by atoms with E-state index in [1.165, 1.54) is 0 Å². The molecule has 5 nitrogen and oxygen atoms in total. The summed E-state index contributed by atoms with van der Waals surface area (Å²) in [5, 5.41) is 3.35. The molecule has 2 aromatic rings. The van der Waals surface area contributed by atoms with Crippen molar-refractivity contribution in [3.05, 3.63) is 58.6 Å². The van der Waals surface area contributed by atoms with Gasteiger partial charge in [0.2, 0.25) is 5.91 Å². The lowest BCUT2D eigenvalue weighted by Crippen LogP contribution is -2.30. The molecule has 2 rings (SSSR count). The first-order chi connectivity index (χ1) is 10.9. The Morgan fingerprint density at radius 2 is 1.83 bits per heavy atom. The Morgan fingerprint density at radius 3 is 2.39 bits per heavy atom. The number of benzene rings is 2. The van der Waals surface area contributed by atoms with Gasteiger partial charge in [-0.1, -0.05) is 11.6 Å². The molecule has 0 spiro atoms. The minimum absolute atomic E-state index is 0.301. The van der Waals surface area contributed by atoms with Crippen LogP contribution >= 0.6 is 11.6 Å². The summed E-state index contributed by atoms with van der Waals surface area (Å²) in [6.07, 6.45) is -0.689. The average Bonchev–Trinajstić information content (AvgIpc) is 2.51. The molecule has 0 aliphatic heterocycles. The number of ether oxygens (including phenoxy) is 1. The van der Waals surface area contributed by atoms with Crippen LogP contribution in [0.4, 0.5) is 5.69 Å². The number of aryl methyl sites for hydroxylation is 1. The van der Waals surface area contributed by atoms with E-state index in [1.54, 1.807) is 49.4 Å². The summed E-state index contributed by atoms with van der Waals surface area (Å²) in [5.41, 5.74) is 6.98. The van der Waals surface area contributed by atoms with Crippen LogP contribution in [0.5, 0.6) is 5.75 Å². The van der Waals surface area contributed by atoms with Crippen molar-refractivity contribution in [2.24, 2.45) is 5.73 Å². The zero-order valence-corrected chi connectivity index (χ0v) is 13.6. The highest BCUT2D eigenvalue weighted by Gasteiger charge is 2.15. The lowest BCUT2D eigenvalue weighted by molar-refractivity contribution is -0.122. The Labute approximate surface area is 139 Å². The topological polar surface area (TPSA) is 81.4 Å². The van der Waals surface area contributed by atoms with E-state index < -0.39 is 12.0 Å². The zero-order chi connectivity index (χ0) is 17.0. The van der Waals surface area contributed by atoms with Gasteiger partial charge in [-0.3, -0.25) is 9.59 Å². The van der Waals surface area contributed by atoms with Crippen molar-refractivity contribution in [1.82, 2.24) is 0 Å². The standard InChI is InChI=1S/C17H17ClN2O3/c1-10-9-14(7-8-15(10)18)23-11(2)17(22)20-13-5-3-12(4-6-13)16(19)21/h3-9,11H,1-2H3,(H2,19,21)(H,20,22). The van der Waals surface area contributed by atoms with Crippen molar-refractivity contribution in [2.45, 2.75) is 20.0 Å². The summed E-state index contributed by atoms with van der Waals surface area (Å²) in [4.78, 5) is 23.1. The Hall–Kier alpha value is -2.53. The number of nitrogens with two attached hydrogens (primary N) is 1. The second-order valence-electron chi connectivity index (χ2n) is 5.10. The highest BCUT2D eigenvalue weighted by Crippen LogP contribution is 2.22. The Bertz CT molecular complexity index is 729. The van der Waals surface area contributed by atoms with Gasteiger partial charge >= 0.3 is 0 Å². The van der Waals surface area contributed by atoms with Gasteiger partial charge in [0.1, 0.15) is 5.75 Å². The molecule has 120 valence electrons. The first-order valence-corrected chi connectivity index (χ1v) is 7.38. The van der Waals surface area contributed by atoms with E-state index >= 15 is 0 Å². The van der Waals surface area contributed by atoms with Crippen molar-refractivity contribution < 1.29 is 14.3 Å². The lowest BCUT2D eigenvalue weighted by atomic mass is 10.2. The number of primary amides is 1. The number of carbonyl (C=O) groups is 2. The number of carbonyl (C=O) groups excluding carboxylic acids is 2. The summed E-state index contributed by atoms with van der Waals surface area (Å²) in [6.45, 7) is 3.51. The fraction of sp³-hybridized carbons (Fsp3) is 0.176. The van der Waals surface area contributed by atoms with Gasteiger partial charge in [-0.2, -0.15) is 0 Å². The Balaban J connectivity index is 1.99. The molecule has 0 aliphatic carbocycles. The first kappa shape index (κ1) is 16.8. The molecular formula is C17H17ClN2O3. The highest BCUT2D eigenvalue weighted by molar-refractivity contribution is 6.31. The third kappa shape index (κ3) is 4.47. The minimum atomic E-state index is -0.689. The molecule has 23 heavy (non-hydrogen) atoms. The third-order valence-corrected chi connectivity index (χ3v) is 3.67. The summed E-state index contributed by atoms with van der Waals surface area (Å²) in [6, 6.07) is 11.5. The molecule has 2 aromatic carbocycles. The van der Waals surface area contributed by atoms with Crippen LogP contribution in [-0.4, -0.2) is 17.9 Å². The maximum absolute atomic E-state index is 12.1. The fourth-order valence-corrected chi connectivity index (χ4v) is 2.03. The maximum Gasteiger partial charge on any atom is 0.265 e. The predicted octanol–water partition coefficient (Wildman–Crippen LogP) is 3.15. The monoisotopic (exact) mass is 332 g/mol. The van der Waals surface area contributed by atoms with Gasteiger partial charge in [0.15, 0.2) is 6.10 Å². The smallest absolute Gasteiger partial charge is 0.265 e. The molecular weight excluding hydrogens is 316 g/mol. The van der Waals surface area contributed by atoms with Crippen LogP contribution in [0.25, 0.3) is 0 Å². The van der Waals surface area contributed by atoms with Crippen LogP contribution in [0, 0.1) is 6.92 Å². The number of rotatable bonds is 5. The molecule has 1 unspecified atom stereocenters. The molecule has 0 saturated heterocycles. The van der Waals surface area contributed by atoms with E-state index in [-0.39, 0.29) is 5.91 Å². The molecule has 0 radical (unpaired) electrons. The fourth-order valence-electron chi connectivity index (χ4n) is 1.91. The van der Waals surface area contributed by atoms with Gasteiger partial charge in [0.25, 0.3) is 5.91 Å². The van der Waals surface area contributed by atoms with Gasteiger partial charge in [-0.15, -0.1) is 0 Å². The molecule has 1 atom stereocenters. The number of anilines is 1. The largest absolute Gasteiger partial charge is 0.481 e. The van der Waals surface area contributed by atoms with Gasteiger partial charge in [-0.25, -0.2) is 0 Å². The molecule has 0 aromatic heterocycles. The third-order valence-electron chi connectivity index (χ3n) is 3.25. The average molecular weight is 333 g/mol. The molecule has 0 heterocycles. The van der Waals surface area contributed by atoms with E-state index in [0.29, 0.717) is 22.0 Å². The molecule has 2 amide bonds. The number of halogens is 1. The van der Waals surface area contributed by atoms with Crippen LogP contribution in [0.1, 0.15) is 22.8 Å². The van der Waals surface area contributed by atoms with E-state index in [0.717, 1.165) is 5.56 Å². The molecule has 0 aliphatic rings. The van der Waals surface area contributed by atoms with Crippen molar-refractivity contribution in [2.75, 3.05) is 5.32 Å². The van der Waals surface area contributed by atoms with E-state index in [9.17, 15) is 9.59 Å². The van der Waals surface area contributed by atoms with Crippen molar-refractivity contribution in [3.8, 4) is 5.75 Å². The van der Waals surface area contributed by atoms with Gasteiger partial charge < -0.3 is 15.8 Å². The number of hydrogen-bond donors (Lipinski definition) is 2. The van der Waals surface area contributed by atoms with Gasteiger partial charge in [-0.05, 0) is 61.9 Å². The number of hydrogen-bond acceptors (Lipinski definition) is 3. The highest BCUT2D eigenvalue weighted by atomic mass is 35.5. The van der Waals surface area contributed by atoms with Gasteiger partial charge in [0, 0.05) is 16.3 Å². The van der Waals surface area contributed by atoms with Crippen LogP contribution in [0.2, 0.25) is 5.02 Å². The predicted molar refractivity (Wildman–Crippen MR) is 89.9 cm³/mol. The SMILES string of the molecule is Cc1cc(OC(C)C(=O)Nc2ccc(C(N)=O)cc2)ccc1Cl. The van der Waals surface area contributed by atoms with Crippen LogP contribution < -0.4 is 15.8 Å². The quantitative estimate of drug-likeness (QED) is 0.882. The van der Waals surface area contributed by atoms with E-state index in [2.05, 4.69) is 5.32 Å². The summed E-state index contributed by atoms with van der Waals surface area (Å²) >= 11 is 5.95. The van der Waals surface area contributed by atoms with Crippen LogP contribution in [0.15, 0.2) is 42.5 Å². The lowest BCUT2D eigenvalue weighted by Gasteiger charge is -2.15. The summed E-state index contributed by atoms with van der Waals surface area (Å²) in [7, 11) is 0. The summed E-state index contributed by atoms with van der Waals surface area (Å²) < 4.78 is 5.60. The minimum Gasteiger partial charge on any atom is -0.481 e. The number of nitrogens with one attached hydrogen (secondary N) is 1. The van der Waals surface area contributed by atoms with Crippen LogP contribution in [-0.2, 0) is 4.79 Å². The second-order valence-corrected chi connectivity index (χ2v) is 5.51. The van der Waals surface area contributed by atoms with Crippen molar-refractivity contribution >= 4 is 29.1 Å².